The standard InChI is InChI=1S/C6H6F6O/c1-3(5(7,8)9)4(2,13-3)6(10,11)12/h1-2H3. The normalized spacial score (nSPS) is 40.6. The molecular weight excluding hydrogens is 202 g/mol. The van der Waals surface area contributed by atoms with Crippen LogP contribution < -0.4 is 0 Å². The minimum absolute atomic E-state index is 0.389. The van der Waals surface area contributed by atoms with Gasteiger partial charge in [0.05, 0.1) is 0 Å². The van der Waals surface area contributed by atoms with E-state index in [1.807, 2.05) is 0 Å². The summed E-state index contributed by atoms with van der Waals surface area (Å²) in [5, 5.41) is 0. The van der Waals surface area contributed by atoms with Crippen LogP contribution in [0.5, 0.6) is 0 Å². The molecule has 0 saturated carbocycles. The van der Waals surface area contributed by atoms with Gasteiger partial charge in [0, 0.05) is 0 Å². The Morgan fingerprint density at radius 1 is 0.769 bits per heavy atom. The fourth-order valence-electron chi connectivity index (χ4n) is 1.04. The molecule has 1 nitrogen and oxygen atoms in total. The van der Waals surface area contributed by atoms with Gasteiger partial charge < -0.3 is 4.74 Å². The summed E-state index contributed by atoms with van der Waals surface area (Å²) in [7, 11) is 0. The van der Waals surface area contributed by atoms with Crippen LogP contribution >= 0.6 is 0 Å². The van der Waals surface area contributed by atoms with Gasteiger partial charge in [-0.3, -0.25) is 0 Å². The Labute approximate surface area is 69.7 Å². The van der Waals surface area contributed by atoms with Crippen molar-refractivity contribution in [1.82, 2.24) is 0 Å². The van der Waals surface area contributed by atoms with E-state index >= 15 is 0 Å². The number of hydrogen-bond donors (Lipinski definition) is 0. The van der Waals surface area contributed by atoms with E-state index in [1.54, 1.807) is 0 Å². The summed E-state index contributed by atoms with van der Waals surface area (Å²) in [5.74, 6) is 0. The van der Waals surface area contributed by atoms with Gasteiger partial charge in [-0.1, -0.05) is 0 Å². The van der Waals surface area contributed by atoms with Gasteiger partial charge >= 0.3 is 12.4 Å². The monoisotopic (exact) mass is 208 g/mol. The first kappa shape index (κ1) is 10.6. The largest absolute Gasteiger partial charge is 0.420 e. The van der Waals surface area contributed by atoms with Crippen molar-refractivity contribution in [2.45, 2.75) is 37.4 Å². The third-order valence-electron chi connectivity index (χ3n) is 2.36. The number of epoxide rings is 1. The zero-order valence-corrected chi connectivity index (χ0v) is 6.68. The van der Waals surface area contributed by atoms with E-state index in [1.165, 1.54) is 0 Å². The van der Waals surface area contributed by atoms with E-state index in [9.17, 15) is 26.3 Å². The fraction of sp³-hybridized carbons (Fsp3) is 1.00. The lowest BCUT2D eigenvalue weighted by Gasteiger charge is -2.17. The van der Waals surface area contributed by atoms with E-state index in [-0.39, 0.29) is 0 Å². The first-order valence-corrected chi connectivity index (χ1v) is 3.29. The van der Waals surface area contributed by atoms with Gasteiger partial charge in [0.1, 0.15) is 0 Å². The summed E-state index contributed by atoms with van der Waals surface area (Å²) in [6.45, 7) is 0.779. The maximum absolute atomic E-state index is 12.0. The van der Waals surface area contributed by atoms with Gasteiger partial charge in [0.15, 0.2) is 11.2 Å². The highest BCUT2D eigenvalue weighted by Gasteiger charge is 2.87. The third-order valence-corrected chi connectivity index (χ3v) is 2.36. The second kappa shape index (κ2) is 2.13. The van der Waals surface area contributed by atoms with Crippen LogP contribution in [0.15, 0.2) is 0 Å². The predicted molar refractivity (Wildman–Crippen MR) is 30.0 cm³/mol. The van der Waals surface area contributed by atoms with Gasteiger partial charge in [-0.15, -0.1) is 0 Å². The van der Waals surface area contributed by atoms with Gasteiger partial charge in [-0.25, -0.2) is 0 Å². The number of ether oxygens (including phenoxy) is 1. The molecule has 13 heavy (non-hydrogen) atoms. The summed E-state index contributed by atoms with van der Waals surface area (Å²) >= 11 is 0. The van der Waals surface area contributed by atoms with Crippen LogP contribution in [0.2, 0.25) is 0 Å². The maximum Gasteiger partial charge on any atom is 0.420 e. The SMILES string of the molecule is CC1(C(F)(F)F)OC1(C)C(F)(F)F. The van der Waals surface area contributed by atoms with Crippen LogP contribution in [0.25, 0.3) is 0 Å². The zero-order valence-electron chi connectivity index (χ0n) is 6.68. The molecule has 7 heteroatoms. The van der Waals surface area contributed by atoms with Crippen LogP contribution in [-0.2, 0) is 4.74 Å². The summed E-state index contributed by atoms with van der Waals surface area (Å²) < 4.78 is 75.9. The van der Waals surface area contributed by atoms with Crippen molar-refractivity contribution in [3.05, 3.63) is 0 Å². The van der Waals surface area contributed by atoms with Gasteiger partial charge in [0.25, 0.3) is 0 Å². The maximum atomic E-state index is 12.0. The van der Waals surface area contributed by atoms with Crippen LogP contribution in [0.3, 0.4) is 0 Å². The molecule has 2 atom stereocenters. The van der Waals surface area contributed by atoms with Crippen molar-refractivity contribution >= 4 is 0 Å². The Kier molecular flexibility index (Phi) is 1.74. The molecule has 1 aliphatic heterocycles. The summed E-state index contributed by atoms with van der Waals surface area (Å²) in [6.07, 6.45) is -10.0. The molecule has 1 saturated heterocycles. The Balaban J connectivity index is 2.95. The Hall–Kier alpha value is -0.460. The Bertz CT molecular complexity index is 206. The van der Waals surface area contributed by atoms with Crippen molar-refractivity contribution in [3.8, 4) is 0 Å². The number of hydrogen-bond acceptors (Lipinski definition) is 1. The fourth-order valence-corrected chi connectivity index (χ4v) is 1.04. The van der Waals surface area contributed by atoms with Crippen LogP contribution in [0.1, 0.15) is 13.8 Å². The molecule has 78 valence electrons. The summed E-state index contributed by atoms with van der Waals surface area (Å²) in [6, 6.07) is 0. The van der Waals surface area contributed by atoms with Crippen molar-refractivity contribution in [2.24, 2.45) is 0 Å². The van der Waals surface area contributed by atoms with Crippen molar-refractivity contribution in [1.29, 1.82) is 0 Å². The molecule has 1 fully saturated rings. The number of halogens is 6. The highest BCUT2D eigenvalue weighted by molar-refractivity contribution is 5.18. The molecular formula is C6H6F6O. The summed E-state index contributed by atoms with van der Waals surface area (Å²) in [4.78, 5) is 0. The minimum atomic E-state index is -5.00. The molecule has 0 aromatic rings. The van der Waals surface area contributed by atoms with Crippen LogP contribution in [-0.4, -0.2) is 23.6 Å². The molecule has 0 N–H and O–H groups in total. The number of alkyl halides is 6. The Morgan fingerprint density at radius 2 is 1.00 bits per heavy atom. The van der Waals surface area contributed by atoms with E-state index in [2.05, 4.69) is 4.74 Å². The molecule has 0 aliphatic carbocycles. The number of rotatable bonds is 0. The molecule has 0 aromatic carbocycles. The highest BCUT2D eigenvalue weighted by Crippen LogP contribution is 2.63. The molecule has 0 radical (unpaired) electrons. The summed E-state index contributed by atoms with van der Waals surface area (Å²) in [5.41, 5.74) is -6.20. The lowest BCUT2D eigenvalue weighted by Crippen LogP contribution is -2.44. The average molecular weight is 208 g/mol. The second-order valence-corrected chi connectivity index (χ2v) is 3.16. The first-order valence-electron chi connectivity index (χ1n) is 3.29. The molecule has 1 aliphatic rings. The van der Waals surface area contributed by atoms with Gasteiger partial charge in [-0.05, 0) is 13.8 Å². The minimum Gasteiger partial charge on any atom is -0.343 e. The van der Waals surface area contributed by atoms with E-state index in [4.69, 9.17) is 0 Å². The third kappa shape index (κ3) is 1.13. The lowest BCUT2D eigenvalue weighted by molar-refractivity contribution is -0.200. The van der Waals surface area contributed by atoms with Crippen molar-refractivity contribution in [2.75, 3.05) is 0 Å². The van der Waals surface area contributed by atoms with Crippen molar-refractivity contribution < 1.29 is 31.1 Å². The molecule has 0 amide bonds. The van der Waals surface area contributed by atoms with Crippen molar-refractivity contribution in [3.63, 3.8) is 0 Å². The van der Waals surface area contributed by atoms with Gasteiger partial charge in [0.2, 0.25) is 0 Å². The average Bonchev–Trinajstić information content (AvgIpc) is 2.34. The Morgan fingerprint density at radius 3 is 1.08 bits per heavy atom. The molecule has 0 spiro atoms. The lowest BCUT2D eigenvalue weighted by atomic mass is 9.95. The predicted octanol–water partition coefficient (Wildman–Crippen LogP) is 2.66. The van der Waals surface area contributed by atoms with E-state index < -0.39 is 23.6 Å². The quantitative estimate of drug-likeness (QED) is 0.440. The van der Waals surface area contributed by atoms with Gasteiger partial charge in [-0.2, -0.15) is 26.3 Å². The second-order valence-electron chi connectivity index (χ2n) is 3.16. The molecule has 0 aromatic heterocycles. The molecule has 2 unspecified atom stereocenters. The smallest absolute Gasteiger partial charge is 0.343 e. The van der Waals surface area contributed by atoms with Crippen LogP contribution in [0.4, 0.5) is 26.3 Å². The molecule has 1 heterocycles. The topological polar surface area (TPSA) is 12.5 Å². The highest BCUT2D eigenvalue weighted by atomic mass is 19.4. The van der Waals surface area contributed by atoms with E-state index in [0.717, 1.165) is 0 Å². The molecule has 0 bridgehead atoms. The first-order chi connectivity index (χ1) is 5.46. The van der Waals surface area contributed by atoms with E-state index in [0.29, 0.717) is 13.8 Å². The molecule has 1 rings (SSSR count). The van der Waals surface area contributed by atoms with Crippen LogP contribution in [0, 0.1) is 0 Å². The zero-order chi connectivity index (χ0) is 10.7.